The summed E-state index contributed by atoms with van der Waals surface area (Å²) >= 11 is 0. The lowest BCUT2D eigenvalue weighted by molar-refractivity contribution is -0.0757. The Labute approximate surface area is 224 Å². The van der Waals surface area contributed by atoms with Crippen LogP contribution in [-0.2, 0) is 17.7 Å². The SMILES string of the molecule is CC1CN(c2ccc(C#N)c3ncccc23)CC(CN2C[C@H]3CN(c4ccc5c(n4)CCNC5)CCC32)O1. The van der Waals surface area contributed by atoms with Crippen molar-refractivity contribution < 1.29 is 4.74 Å². The predicted molar refractivity (Wildman–Crippen MR) is 148 cm³/mol. The minimum absolute atomic E-state index is 0.153. The number of benzene rings is 1. The lowest BCUT2D eigenvalue weighted by atomic mass is 9.82. The Balaban J connectivity index is 1.00. The second-order valence-electron chi connectivity index (χ2n) is 11.3. The molecular weight excluding hydrogens is 474 g/mol. The Bertz CT molecular complexity index is 1390. The number of ether oxygens (including phenoxy) is 1. The van der Waals surface area contributed by atoms with Crippen molar-refractivity contribution in [2.75, 3.05) is 55.6 Å². The van der Waals surface area contributed by atoms with Gasteiger partial charge in [0, 0.05) is 93.7 Å². The second-order valence-corrected chi connectivity index (χ2v) is 11.3. The van der Waals surface area contributed by atoms with Gasteiger partial charge in [-0.3, -0.25) is 9.88 Å². The molecule has 3 saturated heterocycles. The lowest BCUT2D eigenvalue weighted by Gasteiger charge is -2.55. The first-order valence-corrected chi connectivity index (χ1v) is 14.0. The monoisotopic (exact) mass is 509 g/mol. The number of aromatic nitrogens is 2. The minimum Gasteiger partial charge on any atom is -0.370 e. The summed E-state index contributed by atoms with van der Waals surface area (Å²) in [6.07, 6.45) is 4.30. The van der Waals surface area contributed by atoms with E-state index in [0.717, 1.165) is 81.2 Å². The number of nitriles is 1. The van der Waals surface area contributed by atoms with Crippen LogP contribution in [0.5, 0.6) is 0 Å². The number of hydrogen-bond acceptors (Lipinski definition) is 8. The van der Waals surface area contributed by atoms with Crippen LogP contribution in [0.3, 0.4) is 0 Å². The summed E-state index contributed by atoms with van der Waals surface area (Å²) in [4.78, 5) is 17.1. The minimum atomic E-state index is 0.153. The predicted octanol–water partition coefficient (Wildman–Crippen LogP) is 2.95. The zero-order valence-electron chi connectivity index (χ0n) is 22.0. The zero-order valence-corrected chi connectivity index (χ0v) is 22.0. The molecule has 38 heavy (non-hydrogen) atoms. The fourth-order valence-electron chi connectivity index (χ4n) is 7.03. The summed E-state index contributed by atoms with van der Waals surface area (Å²) in [5.41, 5.74) is 5.19. The maximum Gasteiger partial charge on any atom is 0.128 e. The van der Waals surface area contributed by atoms with E-state index in [1.165, 1.54) is 17.7 Å². The van der Waals surface area contributed by atoms with Crippen molar-refractivity contribution in [2.45, 2.75) is 44.6 Å². The largest absolute Gasteiger partial charge is 0.370 e. The van der Waals surface area contributed by atoms with E-state index in [1.807, 2.05) is 12.1 Å². The molecule has 1 N–H and O–H groups in total. The van der Waals surface area contributed by atoms with Gasteiger partial charge in [0.2, 0.25) is 0 Å². The Morgan fingerprint density at radius 3 is 2.95 bits per heavy atom. The van der Waals surface area contributed by atoms with Crippen LogP contribution < -0.4 is 15.1 Å². The van der Waals surface area contributed by atoms with Gasteiger partial charge in [-0.15, -0.1) is 0 Å². The fraction of sp³-hybridized carbons (Fsp3) is 0.500. The van der Waals surface area contributed by atoms with Crippen molar-refractivity contribution in [3.8, 4) is 6.07 Å². The molecule has 2 aromatic heterocycles. The summed E-state index contributed by atoms with van der Waals surface area (Å²) in [5, 5.41) is 14.0. The van der Waals surface area contributed by atoms with Gasteiger partial charge in [0.25, 0.3) is 0 Å². The van der Waals surface area contributed by atoms with E-state index in [9.17, 15) is 5.26 Å². The third-order valence-corrected chi connectivity index (χ3v) is 8.84. The highest BCUT2D eigenvalue weighted by Gasteiger charge is 2.44. The third kappa shape index (κ3) is 4.29. The van der Waals surface area contributed by atoms with Crippen LogP contribution in [0, 0.1) is 17.2 Å². The molecule has 8 nitrogen and oxygen atoms in total. The Kier molecular flexibility index (Phi) is 6.15. The first-order valence-electron chi connectivity index (χ1n) is 14.0. The number of nitrogens with one attached hydrogen (secondary N) is 1. The number of anilines is 2. The smallest absolute Gasteiger partial charge is 0.128 e. The fourth-order valence-corrected chi connectivity index (χ4v) is 7.03. The van der Waals surface area contributed by atoms with E-state index in [4.69, 9.17) is 9.72 Å². The van der Waals surface area contributed by atoms with Crippen LogP contribution in [0.25, 0.3) is 10.9 Å². The van der Waals surface area contributed by atoms with E-state index < -0.39 is 0 Å². The van der Waals surface area contributed by atoms with Gasteiger partial charge in [-0.25, -0.2) is 4.98 Å². The van der Waals surface area contributed by atoms with E-state index in [1.54, 1.807) is 6.20 Å². The number of rotatable bonds is 4. The molecule has 0 saturated carbocycles. The summed E-state index contributed by atoms with van der Waals surface area (Å²) in [7, 11) is 0. The summed E-state index contributed by atoms with van der Waals surface area (Å²) in [6.45, 7) is 10.1. The highest BCUT2D eigenvalue weighted by molar-refractivity contribution is 5.95. The molecule has 0 radical (unpaired) electrons. The van der Waals surface area contributed by atoms with Gasteiger partial charge in [0.1, 0.15) is 11.9 Å². The average Bonchev–Trinajstić information content (AvgIpc) is 2.94. The Hall–Kier alpha value is -3.25. The molecule has 0 amide bonds. The normalized spacial score (nSPS) is 27.4. The number of likely N-dealkylation sites (tertiary alicyclic amines) is 1. The molecule has 3 aromatic rings. The molecule has 4 aliphatic heterocycles. The van der Waals surface area contributed by atoms with Crippen LogP contribution in [0.15, 0.2) is 42.6 Å². The number of hydrogen-bond donors (Lipinski definition) is 1. The molecule has 0 spiro atoms. The molecule has 8 heteroatoms. The van der Waals surface area contributed by atoms with Gasteiger partial charge in [-0.2, -0.15) is 5.26 Å². The quantitative estimate of drug-likeness (QED) is 0.575. The van der Waals surface area contributed by atoms with E-state index >= 15 is 0 Å². The molecule has 3 fully saturated rings. The van der Waals surface area contributed by atoms with Crippen LogP contribution in [0.4, 0.5) is 11.5 Å². The molecule has 196 valence electrons. The molecule has 3 unspecified atom stereocenters. The van der Waals surface area contributed by atoms with Gasteiger partial charge < -0.3 is 19.9 Å². The first-order chi connectivity index (χ1) is 18.7. The van der Waals surface area contributed by atoms with Gasteiger partial charge in [0.05, 0.1) is 23.3 Å². The number of morpholine rings is 1. The first kappa shape index (κ1) is 23.8. The van der Waals surface area contributed by atoms with Crippen molar-refractivity contribution in [3.05, 3.63) is 59.4 Å². The van der Waals surface area contributed by atoms with Crippen molar-refractivity contribution in [3.63, 3.8) is 0 Å². The van der Waals surface area contributed by atoms with Crippen molar-refractivity contribution in [1.82, 2.24) is 20.2 Å². The van der Waals surface area contributed by atoms with Crippen LogP contribution in [0.1, 0.15) is 30.2 Å². The average molecular weight is 510 g/mol. The maximum atomic E-state index is 9.54. The molecule has 1 aromatic carbocycles. The zero-order chi connectivity index (χ0) is 25.6. The van der Waals surface area contributed by atoms with Crippen molar-refractivity contribution >= 4 is 22.4 Å². The molecule has 4 atom stereocenters. The summed E-state index contributed by atoms with van der Waals surface area (Å²) in [5.74, 6) is 1.86. The molecular formula is C30H35N7O. The summed E-state index contributed by atoms with van der Waals surface area (Å²) < 4.78 is 6.45. The third-order valence-electron chi connectivity index (χ3n) is 8.84. The number of pyridine rings is 2. The number of fused-ring (bicyclic) bond motifs is 3. The van der Waals surface area contributed by atoms with Gasteiger partial charge in [0.15, 0.2) is 0 Å². The highest BCUT2D eigenvalue weighted by atomic mass is 16.5. The van der Waals surface area contributed by atoms with Crippen molar-refractivity contribution in [2.24, 2.45) is 5.92 Å². The van der Waals surface area contributed by atoms with E-state index in [-0.39, 0.29) is 12.2 Å². The van der Waals surface area contributed by atoms with Crippen LogP contribution >= 0.6 is 0 Å². The highest BCUT2D eigenvalue weighted by Crippen LogP contribution is 2.36. The van der Waals surface area contributed by atoms with Crippen LogP contribution in [0.2, 0.25) is 0 Å². The maximum absolute atomic E-state index is 9.54. The van der Waals surface area contributed by atoms with Gasteiger partial charge >= 0.3 is 0 Å². The summed E-state index contributed by atoms with van der Waals surface area (Å²) in [6, 6.07) is 15.4. The van der Waals surface area contributed by atoms with Crippen molar-refractivity contribution in [1.29, 1.82) is 5.26 Å². The number of nitrogens with zero attached hydrogens (tertiary/aromatic N) is 6. The van der Waals surface area contributed by atoms with Gasteiger partial charge in [-0.1, -0.05) is 6.07 Å². The standard InChI is InChI=1S/C30H35N7O/c1-20-15-36(28-6-4-21(13-31)30-25(28)3-2-10-33-30)18-24(38-20)19-37-17-23-16-35(12-9-27(23)37)29-7-5-22-14-32-11-8-26(22)34-29/h2-7,10,20,23-24,27,32H,8-9,11-12,14-19H2,1H3/t20?,23-,24?,27?/m1/s1. The van der Waals surface area contributed by atoms with Crippen LogP contribution in [-0.4, -0.2) is 78.9 Å². The Morgan fingerprint density at radius 2 is 2.05 bits per heavy atom. The molecule has 4 aliphatic rings. The topological polar surface area (TPSA) is 80.6 Å². The second kappa shape index (κ2) is 9.81. The molecule has 7 rings (SSSR count). The van der Waals surface area contributed by atoms with E-state index in [2.05, 4.69) is 62.3 Å². The Morgan fingerprint density at radius 1 is 1.11 bits per heavy atom. The lowest BCUT2D eigenvalue weighted by Crippen LogP contribution is -2.66. The molecule has 6 heterocycles. The molecule has 0 bridgehead atoms. The number of piperidine rings is 1. The van der Waals surface area contributed by atoms with E-state index in [0.29, 0.717) is 17.5 Å². The molecule has 0 aliphatic carbocycles. The van der Waals surface area contributed by atoms with Gasteiger partial charge in [-0.05, 0) is 49.2 Å².